The average Bonchev–Trinajstić information content (AvgIpc) is 1.08. The van der Waals surface area contributed by atoms with Gasteiger partial charge in [-0.25, -0.2) is 39.9 Å². The minimum atomic E-state index is -0.820. The number of carbonyl (C=O) groups excluding carboxylic acids is 3. The molecule has 0 radical (unpaired) electrons. The summed E-state index contributed by atoms with van der Waals surface area (Å²) in [6.07, 6.45) is 11.7. The molecule has 34 heteroatoms. The summed E-state index contributed by atoms with van der Waals surface area (Å²) in [7, 11) is 0. The highest BCUT2D eigenvalue weighted by Gasteiger charge is 2.37. The molecule has 0 unspecified atom stereocenters. The number of carboxylic acids is 2. The largest absolute Gasteiger partial charge is 0.481 e. The molecule has 2 amide bonds. The van der Waals surface area contributed by atoms with E-state index in [2.05, 4.69) is 150 Å². The summed E-state index contributed by atoms with van der Waals surface area (Å²) in [5.74, 6) is -0.363. The van der Waals surface area contributed by atoms with Gasteiger partial charge in [0.25, 0.3) is 22.2 Å². The Bertz CT molecular complexity index is 6390. The minimum Gasteiger partial charge on any atom is -0.481 e. The highest BCUT2D eigenvalue weighted by atomic mass is 16.6. The Morgan fingerprint density at radius 3 is 1.10 bits per heavy atom. The van der Waals surface area contributed by atoms with Crippen LogP contribution in [-0.2, 0) is 28.7 Å². The molecule has 12 heterocycles. The maximum Gasteiger partial charge on any atom is 0.309 e. The van der Waals surface area contributed by atoms with Crippen LogP contribution in [0.3, 0.4) is 0 Å². The monoisotopic (exact) mass is 1730 g/mol. The molecule has 0 bridgehead atoms. The summed E-state index contributed by atoms with van der Waals surface area (Å²) in [6, 6.07) is 16.6. The van der Waals surface area contributed by atoms with Crippen LogP contribution in [0.5, 0.6) is 0 Å². The number of aromatic nitrogens is 8. The van der Waals surface area contributed by atoms with Crippen LogP contribution >= 0.6 is 0 Å². The van der Waals surface area contributed by atoms with Gasteiger partial charge in [0, 0.05) is 64.1 Å². The zero-order valence-corrected chi connectivity index (χ0v) is 74.3. The van der Waals surface area contributed by atoms with Gasteiger partial charge in [0.15, 0.2) is 44.7 Å². The lowest BCUT2D eigenvalue weighted by atomic mass is 9.94. The Hall–Kier alpha value is -12.7. The van der Waals surface area contributed by atoms with E-state index in [0.717, 1.165) is 132 Å². The van der Waals surface area contributed by atoms with E-state index in [0.29, 0.717) is 139 Å². The van der Waals surface area contributed by atoms with Gasteiger partial charge in [0.05, 0.1) is 63.3 Å². The Kier molecular flexibility index (Phi) is 27.3. The number of nitrogens with one attached hydrogen (secondary N) is 5. The van der Waals surface area contributed by atoms with Crippen molar-refractivity contribution < 1.29 is 38.9 Å². The van der Waals surface area contributed by atoms with Gasteiger partial charge in [-0.05, 0) is 266 Å². The van der Waals surface area contributed by atoms with Gasteiger partial charge in [0.2, 0.25) is 11.8 Å². The third kappa shape index (κ3) is 20.7. The number of rotatable bonds is 17. The number of hydrogen-bond donors (Lipinski definition) is 8. The van der Waals surface area contributed by atoms with Gasteiger partial charge in [0.1, 0.15) is 40.6 Å². The molecule has 1 aliphatic carbocycles. The molecule has 670 valence electrons. The first-order chi connectivity index (χ1) is 60.5. The minimum absolute atomic E-state index is 0.00498. The molecule has 0 spiro atoms. The van der Waals surface area contributed by atoms with E-state index in [1.165, 1.54) is 44.1 Å². The lowest BCUT2D eigenvalue weighted by Crippen LogP contribution is -2.48. The Labute approximate surface area is 734 Å². The van der Waals surface area contributed by atoms with Gasteiger partial charge < -0.3 is 85.1 Å². The Morgan fingerprint density at radius 2 is 0.748 bits per heavy atom. The number of H-pyrrole nitrogens is 4. The molecule has 1 saturated carbocycles. The first kappa shape index (κ1) is 90.6. The molecule has 127 heavy (non-hydrogen) atoms. The number of piperidine rings is 4. The third-order valence-electron chi connectivity index (χ3n) is 25.5. The highest BCUT2D eigenvalue weighted by molar-refractivity contribution is 5.90. The summed E-state index contributed by atoms with van der Waals surface area (Å²) in [5.41, 5.74) is 19.8. The van der Waals surface area contributed by atoms with E-state index in [1.807, 2.05) is 78.8 Å². The van der Waals surface area contributed by atoms with Crippen molar-refractivity contribution in [1.82, 2.24) is 59.5 Å². The maximum absolute atomic E-state index is 13.3. The number of aromatic amines is 4. The molecule has 4 aromatic carbocycles. The number of nitrogens with two attached hydrogens (primary N) is 1. The summed E-state index contributed by atoms with van der Waals surface area (Å²) in [6.45, 7) is 44.1. The number of fused-ring (bicyclic) bond motifs is 8. The van der Waals surface area contributed by atoms with E-state index in [9.17, 15) is 53.4 Å². The predicted molar refractivity (Wildman–Crippen MR) is 488 cm³/mol. The van der Waals surface area contributed by atoms with Crippen LogP contribution in [-0.4, -0.2) is 209 Å². The number of likely N-dealkylation sites (tertiary alicyclic amines) is 4. The van der Waals surface area contributed by atoms with Crippen LogP contribution in [0.25, 0.3) is 26.3 Å². The van der Waals surface area contributed by atoms with Crippen LogP contribution in [0.2, 0.25) is 0 Å². The molecular formula is C93H116N22O12. The van der Waals surface area contributed by atoms with Crippen LogP contribution < -0.4 is 96.2 Å². The lowest BCUT2D eigenvalue weighted by Gasteiger charge is -2.35. The molecule has 8 aliphatic heterocycles. The number of anilines is 9. The van der Waals surface area contributed by atoms with Gasteiger partial charge in [-0.15, -0.1) is 0 Å². The fourth-order valence-corrected chi connectivity index (χ4v) is 17.8. The standard InChI is InChI=1S/C25H32N6O3.C25H31N5O4.C22H30N6O.C21H23N5O4/c1-15-13-20-21(14-19(15)28-18-5-3-4-6-18)31(23-22(29-20)24(32)27-16(2)26-23)12-11-30-9-7-17(8-10-30)25(33)34;1-14-11-18-19(12-15(14)2)30(22-21(28-18)23(32)27-16(3)26-22)13-20(31)29-9-7-17(8-10-29)24(33)34-25(4,5)6;1-14-12-18-19(13-15(14)2)28(21-20(26-18)22(29)25-16(3)24-21)11-10-27-8-5-17(4-7-23)6-9-27;1-11-8-15-16(9-12(11)2)26(19-18(24-15)20(28)23-13(3)22-19)10-17(27)25-6-4-14(5-7-25)21(29)30/h13-14,17-18,28H,2-12H2,1H3,(H,27,32)(H,33,34);11-12,17H,3,7-10,13H2,1-2,4-6H3,(H,27,32);12-13,17H,3-11,23H2,1-2H3,(H,25,29);8-9,14H,3-7,10H2,1-2H3,(H,23,28)(H,29,30). The molecule has 34 nitrogen and oxygen atoms in total. The molecule has 4 aromatic heterocycles. The molecule has 0 atom stereocenters. The fourth-order valence-electron chi connectivity index (χ4n) is 17.8. The van der Waals surface area contributed by atoms with Crippen molar-refractivity contribution in [2.75, 3.05) is 123 Å². The van der Waals surface area contributed by atoms with Crippen molar-refractivity contribution in [3.63, 3.8) is 0 Å². The molecule has 8 aromatic rings. The second-order valence-electron chi connectivity index (χ2n) is 35.7. The number of hydrogen-bond acceptors (Lipinski definition) is 26. The second kappa shape index (κ2) is 38.2. The molecule has 17 rings (SSSR count). The smallest absolute Gasteiger partial charge is 0.309 e. The zero-order valence-electron chi connectivity index (χ0n) is 74.3. The number of esters is 1. The SMILES string of the molecule is C=c1nc2c(c(=O)[nH]1)=Nc1cc(C)c(C)cc1N2CC(=O)N1CCC(C(=O)O)CC1.C=c1nc2c(c(=O)[nH]1)=Nc1cc(C)c(C)cc1N2CC(=O)N1CCC(C(=O)OC(C)(C)C)CC1.C=c1nc2c(c(=O)[nH]1)=Nc1cc(C)c(C)cc1N2CCN1CCC(CCN)CC1.C=c1nc2c(c(=O)[nH]1)=Nc1cc(C)c(NC3CCCC3)cc1N2CCN1CCC(C(=O)O)CC1. The van der Waals surface area contributed by atoms with Crippen molar-refractivity contribution in [3.8, 4) is 0 Å². The number of aliphatic carboxylic acids is 2. The van der Waals surface area contributed by atoms with E-state index in [4.69, 9.17) is 10.5 Å². The quantitative estimate of drug-likeness (QED) is 0.0514. The number of benzene rings is 4. The maximum atomic E-state index is 13.3. The first-order valence-electron chi connectivity index (χ1n) is 44.0. The summed E-state index contributed by atoms with van der Waals surface area (Å²) in [4.78, 5) is 174. The van der Waals surface area contributed by atoms with Crippen molar-refractivity contribution in [1.29, 1.82) is 0 Å². The molecule has 5 fully saturated rings. The van der Waals surface area contributed by atoms with Crippen molar-refractivity contribution in [2.24, 2.45) is 49.4 Å². The Morgan fingerprint density at radius 1 is 0.433 bits per heavy atom. The van der Waals surface area contributed by atoms with Gasteiger partial charge in [-0.3, -0.25) is 43.2 Å². The summed E-state index contributed by atoms with van der Waals surface area (Å²) < 4.78 is 5.51. The number of nitrogens with zero attached hydrogens (tertiary/aromatic N) is 16. The molecule has 9 N–H and O–H groups in total. The van der Waals surface area contributed by atoms with Crippen molar-refractivity contribution in [2.45, 2.75) is 164 Å². The van der Waals surface area contributed by atoms with E-state index in [-0.39, 0.29) is 75.5 Å². The van der Waals surface area contributed by atoms with Crippen LogP contribution in [0.1, 0.15) is 143 Å². The molecular weight excluding hydrogens is 1620 g/mol. The van der Waals surface area contributed by atoms with Gasteiger partial charge >= 0.3 is 17.9 Å². The Balaban J connectivity index is 0.000000137. The predicted octanol–water partition coefficient (Wildman–Crippen LogP) is 5.61. The topological polar surface area (TPSA) is 431 Å². The van der Waals surface area contributed by atoms with Crippen molar-refractivity contribution in [3.05, 3.63) is 172 Å². The number of aryl methyl sites for hydroxylation is 7. The fraction of sp³-hybridized carbons (Fsp3) is 0.473. The summed E-state index contributed by atoms with van der Waals surface area (Å²) >= 11 is 0. The van der Waals surface area contributed by atoms with E-state index in [1.54, 1.807) is 19.6 Å². The zero-order chi connectivity index (χ0) is 90.7. The van der Waals surface area contributed by atoms with Gasteiger partial charge in [-0.1, -0.05) is 39.2 Å². The van der Waals surface area contributed by atoms with Crippen LogP contribution in [0.4, 0.5) is 74.5 Å². The number of carbonyl (C=O) groups is 5. The molecule has 9 aliphatic rings. The molecule has 4 saturated heterocycles. The van der Waals surface area contributed by atoms with Crippen LogP contribution in [0.15, 0.2) is 87.7 Å². The average molecular weight is 1730 g/mol. The summed E-state index contributed by atoms with van der Waals surface area (Å²) in [5, 5.41) is 23.2. The number of amides is 2. The normalized spacial score (nSPS) is 17.0. The van der Waals surface area contributed by atoms with Crippen LogP contribution in [0, 0.1) is 72.1 Å². The first-order valence-corrected chi connectivity index (χ1v) is 44.0. The van der Waals surface area contributed by atoms with Crippen molar-refractivity contribution >= 4 is 130 Å². The third-order valence-corrected chi connectivity index (χ3v) is 25.5. The highest BCUT2D eigenvalue weighted by Crippen LogP contribution is 2.43. The number of ether oxygens (including phenoxy) is 1. The lowest BCUT2D eigenvalue weighted by molar-refractivity contribution is -0.162. The van der Waals surface area contributed by atoms with Gasteiger partial charge in [-0.2, -0.15) is 0 Å². The van der Waals surface area contributed by atoms with E-state index >= 15 is 0 Å². The number of carboxylic acid groups (broad SMARTS) is 2. The second-order valence-corrected chi connectivity index (χ2v) is 35.7. The van der Waals surface area contributed by atoms with E-state index < -0.39 is 34.6 Å².